The summed E-state index contributed by atoms with van der Waals surface area (Å²) < 4.78 is 0. The Morgan fingerprint density at radius 1 is 1.33 bits per heavy atom. The molecule has 1 aromatic rings. The summed E-state index contributed by atoms with van der Waals surface area (Å²) >= 11 is 0. The van der Waals surface area contributed by atoms with Crippen molar-refractivity contribution in [2.75, 3.05) is 19.6 Å². The molecule has 1 saturated heterocycles. The van der Waals surface area contributed by atoms with E-state index in [1.807, 2.05) is 11.0 Å². The van der Waals surface area contributed by atoms with Crippen LogP contribution in [0.2, 0.25) is 0 Å². The van der Waals surface area contributed by atoms with E-state index in [0.29, 0.717) is 6.04 Å². The number of carbonyl (C=O) groups is 1. The van der Waals surface area contributed by atoms with Gasteiger partial charge in [-0.1, -0.05) is 6.07 Å². The highest BCUT2D eigenvalue weighted by molar-refractivity contribution is 5.94. The molecule has 3 rings (SSSR count). The van der Waals surface area contributed by atoms with Gasteiger partial charge >= 0.3 is 0 Å². The van der Waals surface area contributed by atoms with Crippen LogP contribution in [0.5, 0.6) is 0 Å². The summed E-state index contributed by atoms with van der Waals surface area (Å²) in [7, 11) is 0. The monoisotopic (exact) mass is 244 g/mol. The average Bonchev–Trinajstić information content (AvgIpc) is 2.85. The zero-order valence-corrected chi connectivity index (χ0v) is 10.9. The molecule has 0 saturated carbocycles. The van der Waals surface area contributed by atoms with Gasteiger partial charge in [-0.3, -0.25) is 4.79 Å². The van der Waals surface area contributed by atoms with E-state index in [0.717, 1.165) is 31.6 Å². The van der Waals surface area contributed by atoms with Crippen LogP contribution in [-0.2, 0) is 12.8 Å². The van der Waals surface area contributed by atoms with Crippen LogP contribution < -0.4 is 5.32 Å². The molecule has 1 heterocycles. The Labute approximate surface area is 108 Å². The molecule has 18 heavy (non-hydrogen) atoms. The molecule has 0 spiro atoms. The number of fused-ring (bicyclic) bond motifs is 1. The zero-order chi connectivity index (χ0) is 12.5. The van der Waals surface area contributed by atoms with Crippen LogP contribution >= 0.6 is 0 Å². The number of piperazine rings is 1. The summed E-state index contributed by atoms with van der Waals surface area (Å²) in [6.07, 6.45) is 3.54. The van der Waals surface area contributed by atoms with E-state index in [1.165, 1.54) is 24.0 Å². The van der Waals surface area contributed by atoms with Crippen LogP contribution in [0.4, 0.5) is 0 Å². The summed E-state index contributed by atoms with van der Waals surface area (Å²) in [6.45, 7) is 4.73. The number of nitrogens with one attached hydrogen (secondary N) is 1. The molecule has 1 atom stereocenters. The molecule has 3 nitrogen and oxygen atoms in total. The molecule has 1 N–H and O–H groups in total. The van der Waals surface area contributed by atoms with Gasteiger partial charge < -0.3 is 10.2 Å². The lowest BCUT2D eigenvalue weighted by molar-refractivity contribution is 0.0655. The molecule has 0 radical (unpaired) electrons. The fourth-order valence-electron chi connectivity index (χ4n) is 3.01. The predicted octanol–water partition coefficient (Wildman–Crippen LogP) is 1.61. The van der Waals surface area contributed by atoms with Gasteiger partial charge in [-0.05, 0) is 49.4 Å². The van der Waals surface area contributed by atoms with Crippen LogP contribution in [0.1, 0.15) is 34.8 Å². The van der Waals surface area contributed by atoms with Crippen molar-refractivity contribution in [3.63, 3.8) is 0 Å². The van der Waals surface area contributed by atoms with Gasteiger partial charge in [-0.2, -0.15) is 0 Å². The van der Waals surface area contributed by atoms with Crippen LogP contribution in [-0.4, -0.2) is 36.5 Å². The largest absolute Gasteiger partial charge is 0.333 e. The second-order valence-electron chi connectivity index (χ2n) is 5.39. The van der Waals surface area contributed by atoms with Crippen molar-refractivity contribution in [2.45, 2.75) is 32.2 Å². The first kappa shape index (κ1) is 11.7. The summed E-state index contributed by atoms with van der Waals surface area (Å²) in [4.78, 5) is 14.5. The molecule has 1 aliphatic carbocycles. The van der Waals surface area contributed by atoms with E-state index in [2.05, 4.69) is 24.4 Å². The SMILES string of the molecule is CC1CNCCN1C(=O)c1ccc2c(c1)CCC2. The Balaban J connectivity index is 1.83. The van der Waals surface area contributed by atoms with Crippen molar-refractivity contribution in [2.24, 2.45) is 0 Å². The predicted molar refractivity (Wildman–Crippen MR) is 71.8 cm³/mol. The summed E-state index contributed by atoms with van der Waals surface area (Å²) in [6, 6.07) is 6.54. The lowest BCUT2D eigenvalue weighted by Gasteiger charge is -2.34. The van der Waals surface area contributed by atoms with Crippen molar-refractivity contribution in [3.8, 4) is 0 Å². The van der Waals surface area contributed by atoms with Gasteiger partial charge in [0.05, 0.1) is 0 Å². The molecular weight excluding hydrogens is 224 g/mol. The van der Waals surface area contributed by atoms with Crippen LogP contribution in [0.25, 0.3) is 0 Å². The fraction of sp³-hybridized carbons (Fsp3) is 0.533. The number of rotatable bonds is 1. The fourth-order valence-corrected chi connectivity index (χ4v) is 3.01. The molecular formula is C15H20N2O. The van der Waals surface area contributed by atoms with Gasteiger partial charge in [0.15, 0.2) is 0 Å². The third-order valence-electron chi connectivity index (χ3n) is 4.11. The van der Waals surface area contributed by atoms with Gasteiger partial charge in [-0.25, -0.2) is 0 Å². The lowest BCUT2D eigenvalue weighted by atomic mass is 10.0. The number of carbonyl (C=O) groups excluding carboxylic acids is 1. The molecule has 2 aliphatic rings. The molecule has 96 valence electrons. The van der Waals surface area contributed by atoms with Gasteiger partial charge in [-0.15, -0.1) is 0 Å². The summed E-state index contributed by atoms with van der Waals surface area (Å²) in [5, 5.41) is 3.32. The highest BCUT2D eigenvalue weighted by atomic mass is 16.2. The quantitative estimate of drug-likeness (QED) is 0.814. The number of hydrogen-bond donors (Lipinski definition) is 1. The third-order valence-corrected chi connectivity index (χ3v) is 4.11. The third kappa shape index (κ3) is 2.03. The molecule has 1 fully saturated rings. The Morgan fingerprint density at radius 3 is 3.00 bits per heavy atom. The molecule has 3 heteroatoms. The van der Waals surface area contributed by atoms with Crippen LogP contribution in [0.3, 0.4) is 0 Å². The summed E-state index contributed by atoms with van der Waals surface area (Å²) in [5.41, 5.74) is 3.67. The topological polar surface area (TPSA) is 32.3 Å². The van der Waals surface area contributed by atoms with Crippen molar-refractivity contribution >= 4 is 5.91 Å². The van der Waals surface area contributed by atoms with E-state index >= 15 is 0 Å². The Bertz CT molecular complexity index is 470. The number of aryl methyl sites for hydroxylation is 2. The Kier molecular flexibility index (Phi) is 3.08. The molecule has 1 aromatic carbocycles. The molecule has 0 aromatic heterocycles. The van der Waals surface area contributed by atoms with E-state index in [4.69, 9.17) is 0 Å². The van der Waals surface area contributed by atoms with E-state index < -0.39 is 0 Å². The second-order valence-corrected chi connectivity index (χ2v) is 5.39. The first-order chi connectivity index (χ1) is 8.75. The Morgan fingerprint density at radius 2 is 2.17 bits per heavy atom. The van der Waals surface area contributed by atoms with Gasteiger partial charge in [0, 0.05) is 31.2 Å². The minimum Gasteiger partial charge on any atom is -0.333 e. The van der Waals surface area contributed by atoms with Crippen LogP contribution in [0, 0.1) is 0 Å². The van der Waals surface area contributed by atoms with Crippen LogP contribution in [0.15, 0.2) is 18.2 Å². The smallest absolute Gasteiger partial charge is 0.254 e. The van der Waals surface area contributed by atoms with Gasteiger partial charge in [0.25, 0.3) is 5.91 Å². The standard InChI is InChI=1S/C15H20N2O/c1-11-10-16-7-8-17(11)15(18)14-6-5-12-3-2-4-13(12)9-14/h5-6,9,11,16H,2-4,7-8,10H2,1H3. The maximum atomic E-state index is 12.5. The lowest BCUT2D eigenvalue weighted by Crippen LogP contribution is -2.52. The zero-order valence-electron chi connectivity index (χ0n) is 10.9. The van der Waals surface area contributed by atoms with Crippen molar-refractivity contribution < 1.29 is 4.79 Å². The molecule has 1 amide bonds. The molecule has 0 bridgehead atoms. The second kappa shape index (κ2) is 4.73. The average molecular weight is 244 g/mol. The number of hydrogen-bond acceptors (Lipinski definition) is 2. The highest BCUT2D eigenvalue weighted by Crippen LogP contribution is 2.23. The normalized spacial score (nSPS) is 22.9. The van der Waals surface area contributed by atoms with Gasteiger partial charge in [0.2, 0.25) is 0 Å². The first-order valence-electron chi connectivity index (χ1n) is 6.89. The minimum absolute atomic E-state index is 0.193. The summed E-state index contributed by atoms with van der Waals surface area (Å²) in [5.74, 6) is 0.193. The molecule has 1 unspecified atom stereocenters. The van der Waals surface area contributed by atoms with Crippen molar-refractivity contribution in [1.82, 2.24) is 10.2 Å². The molecule has 1 aliphatic heterocycles. The van der Waals surface area contributed by atoms with Gasteiger partial charge in [0.1, 0.15) is 0 Å². The first-order valence-corrected chi connectivity index (χ1v) is 6.89. The van der Waals surface area contributed by atoms with Crippen molar-refractivity contribution in [1.29, 1.82) is 0 Å². The maximum Gasteiger partial charge on any atom is 0.254 e. The minimum atomic E-state index is 0.193. The Hall–Kier alpha value is -1.35. The van der Waals surface area contributed by atoms with E-state index in [9.17, 15) is 4.79 Å². The number of amides is 1. The maximum absolute atomic E-state index is 12.5. The van der Waals surface area contributed by atoms with Crippen molar-refractivity contribution in [3.05, 3.63) is 34.9 Å². The highest BCUT2D eigenvalue weighted by Gasteiger charge is 2.24. The number of benzene rings is 1. The number of nitrogens with zero attached hydrogens (tertiary/aromatic N) is 1. The van der Waals surface area contributed by atoms with E-state index in [-0.39, 0.29) is 5.91 Å². The van der Waals surface area contributed by atoms with E-state index in [1.54, 1.807) is 0 Å².